The molecule has 0 unspecified atom stereocenters. The first kappa shape index (κ1) is 20.7. The fourth-order valence-corrected chi connectivity index (χ4v) is 2.22. The predicted molar refractivity (Wildman–Crippen MR) is 99.5 cm³/mol. The van der Waals surface area contributed by atoms with E-state index in [0.29, 0.717) is 16.9 Å². The van der Waals surface area contributed by atoms with E-state index in [1.165, 1.54) is 39.3 Å². The van der Waals surface area contributed by atoms with Gasteiger partial charge in [-0.25, -0.2) is 4.79 Å². The van der Waals surface area contributed by atoms with Crippen molar-refractivity contribution in [1.29, 1.82) is 0 Å². The number of rotatable bonds is 5. The van der Waals surface area contributed by atoms with Crippen LogP contribution in [-0.4, -0.2) is 49.2 Å². The average molecular weight is 384 g/mol. The first-order valence-electron chi connectivity index (χ1n) is 8.36. The number of aliphatic hydroxyl groups is 1. The molecule has 2 aromatic rings. The minimum absolute atomic E-state index is 0.164. The van der Waals surface area contributed by atoms with Crippen molar-refractivity contribution in [2.45, 2.75) is 19.1 Å². The number of hydrogen-bond acceptors (Lipinski definition) is 6. The molecule has 0 radical (unpaired) electrons. The van der Waals surface area contributed by atoms with Gasteiger partial charge in [-0.2, -0.15) is 0 Å². The number of amides is 2. The van der Waals surface area contributed by atoms with Crippen molar-refractivity contribution in [2.75, 3.05) is 14.2 Å². The second-order valence-corrected chi connectivity index (χ2v) is 5.79. The lowest BCUT2D eigenvalue weighted by Gasteiger charge is -2.18. The summed E-state index contributed by atoms with van der Waals surface area (Å²) in [4.78, 5) is 35.3. The number of aliphatic hydroxyl groups excluding tert-OH is 1. The topological polar surface area (TPSA) is 118 Å². The molecule has 0 aliphatic rings. The van der Waals surface area contributed by atoms with Crippen molar-refractivity contribution in [2.24, 2.45) is 0 Å². The molecule has 1 aromatic heterocycles. The summed E-state index contributed by atoms with van der Waals surface area (Å²) in [6, 6.07) is 8.27. The smallest absolute Gasteiger partial charge is 0.331 e. The van der Waals surface area contributed by atoms with Crippen LogP contribution >= 0.6 is 0 Å². The highest BCUT2D eigenvalue weighted by atomic mass is 16.5. The van der Waals surface area contributed by atoms with Crippen LogP contribution in [-0.2, 0) is 9.53 Å². The van der Waals surface area contributed by atoms with Crippen LogP contribution in [0.2, 0.25) is 0 Å². The molecule has 0 aliphatic heterocycles. The molecule has 1 aromatic carbocycles. The molecule has 8 nitrogen and oxygen atoms in total. The number of ether oxygens (including phenoxy) is 1. The van der Waals surface area contributed by atoms with Crippen molar-refractivity contribution in [3.05, 3.63) is 59.0 Å². The molecule has 146 valence electrons. The van der Waals surface area contributed by atoms with Gasteiger partial charge in [-0.1, -0.05) is 5.92 Å². The van der Waals surface area contributed by atoms with Gasteiger partial charge < -0.3 is 24.9 Å². The van der Waals surface area contributed by atoms with Crippen molar-refractivity contribution < 1.29 is 28.6 Å². The van der Waals surface area contributed by atoms with E-state index in [0.717, 1.165) is 0 Å². The van der Waals surface area contributed by atoms with Crippen LogP contribution in [0.25, 0.3) is 0 Å². The van der Waals surface area contributed by atoms with Gasteiger partial charge in [0.1, 0.15) is 0 Å². The second-order valence-electron chi connectivity index (χ2n) is 5.79. The van der Waals surface area contributed by atoms with Crippen LogP contribution < -0.4 is 10.6 Å². The van der Waals surface area contributed by atoms with Crippen molar-refractivity contribution in [1.82, 2.24) is 10.6 Å². The lowest BCUT2D eigenvalue weighted by atomic mass is 10.1. The lowest BCUT2D eigenvalue weighted by molar-refractivity contribution is -0.145. The molecular weight excluding hydrogens is 364 g/mol. The molecule has 0 saturated carbocycles. The standard InChI is InChI=1S/C20H20N2O6/c1-12(23)17(20(26)27-3)22-18(24)14-7-4-13(5-8-14)6-9-15-10-11-16(28-15)19(25)21-2/h4-5,7-8,10-12,17,23H,1-3H3,(H,21,25)(H,22,24)/t12-,17+/m1/s1. The van der Waals surface area contributed by atoms with E-state index in [2.05, 4.69) is 27.2 Å². The van der Waals surface area contributed by atoms with Gasteiger partial charge in [0.2, 0.25) is 0 Å². The van der Waals surface area contributed by atoms with Gasteiger partial charge in [-0.05, 0) is 49.2 Å². The van der Waals surface area contributed by atoms with Gasteiger partial charge >= 0.3 is 5.97 Å². The minimum Gasteiger partial charge on any atom is -0.467 e. The third-order valence-corrected chi connectivity index (χ3v) is 3.76. The van der Waals surface area contributed by atoms with Gasteiger partial charge in [0.25, 0.3) is 11.8 Å². The summed E-state index contributed by atoms with van der Waals surface area (Å²) in [5.74, 6) is 4.54. The van der Waals surface area contributed by atoms with E-state index in [-0.39, 0.29) is 11.7 Å². The largest absolute Gasteiger partial charge is 0.467 e. The summed E-state index contributed by atoms with van der Waals surface area (Å²) in [6.45, 7) is 1.38. The van der Waals surface area contributed by atoms with Crippen molar-refractivity contribution >= 4 is 17.8 Å². The van der Waals surface area contributed by atoms with E-state index >= 15 is 0 Å². The highest BCUT2D eigenvalue weighted by Crippen LogP contribution is 2.08. The summed E-state index contributed by atoms with van der Waals surface area (Å²) in [5.41, 5.74) is 0.912. The quantitative estimate of drug-likeness (QED) is 0.516. The van der Waals surface area contributed by atoms with E-state index in [4.69, 9.17) is 4.42 Å². The van der Waals surface area contributed by atoms with Gasteiger partial charge in [0.05, 0.1) is 13.2 Å². The van der Waals surface area contributed by atoms with Crippen molar-refractivity contribution in [3.63, 3.8) is 0 Å². The molecule has 28 heavy (non-hydrogen) atoms. The summed E-state index contributed by atoms with van der Waals surface area (Å²) in [5, 5.41) is 14.5. The number of hydrogen-bond donors (Lipinski definition) is 3. The van der Waals surface area contributed by atoms with Crippen molar-refractivity contribution in [3.8, 4) is 11.8 Å². The number of nitrogens with one attached hydrogen (secondary N) is 2. The Labute approximate surface area is 161 Å². The molecule has 0 fully saturated rings. The third kappa shape index (κ3) is 5.22. The number of carbonyl (C=O) groups is 3. The lowest BCUT2D eigenvalue weighted by Crippen LogP contribution is -2.48. The summed E-state index contributed by atoms with van der Waals surface area (Å²) >= 11 is 0. The summed E-state index contributed by atoms with van der Waals surface area (Å²) < 4.78 is 9.86. The van der Waals surface area contributed by atoms with Crippen LogP contribution in [0.4, 0.5) is 0 Å². The molecule has 8 heteroatoms. The monoisotopic (exact) mass is 384 g/mol. The molecule has 0 bridgehead atoms. The molecule has 0 saturated heterocycles. The Morgan fingerprint density at radius 3 is 2.32 bits per heavy atom. The zero-order valence-electron chi connectivity index (χ0n) is 15.6. The Bertz CT molecular complexity index is 918. The molecular formula is C20H20N2O6. The van der Waals surface area contributed by atoms with Crippen LogP contribution in [0.15, 0.2) is 40.8 Å². The van der Waals surface area contributed by atoms with E-state index in [1.54, 1.807) is 18.2 Å². The SMILES string of the molecule is CNC(=O)c1ccc(C#Cc2ccc(C(=O)N[C@H](C(=O)OC)[C@@H](C)O)cc2)o1. The number of carbonyl (C=O) groups excluding carboxylic acids is 3. The number of esters is 1. The maximum atomic E-state index is 12.2. The molecule has 2 atom stereocenters. The molecule has 0 spiro atoms. The zero-order chi connectivity index (χ0) is 20.7. The number of methoxy groups -OCH3 is 1. The second kappa shape index (κ2) is 9.39. The Morgan fingerprint density at radius 2 is 1.75 bits per heavy atom. The molecule has 3 N–H and O–H groups in total. The van der Waals surface area contributed by atoms with Gasteiger partial charge in [-0.15, -0.1) is 0 Å². The van der Waals surface area contributed by atoms with Crippen LogP contribution in [0.3, 0.4) is 0 Å². The normalized spacial score (nSPS) is 12.1. The van der Waals surface area contributed by atoms with E-state index in [1.807, 2.05) is 0 Å². The Balaban J connectivity index is 2.07. The Morgan fingerprint density at radius 1 is 1.07 bits per heavy atom. The maximum absolute atomic E-state index is 12.2. The Kier molecular flexibility index (Phi) is 6.96. The van der Waals surface area contributed by atoms with Crippen LogP contribution in [0, 0.1) is 11.8 Å². The first-order valence-corrected chi connectivity index (χ1v) is 8.36. The molecule has 2 amide bonds. The zero-order valence-corrected chi connectivity index (χ0v) is 15.6. The van der Waals surface area contributed by atoms with E-state index in [9.17, 15) is 19.5 Å². The summed E-state index contributed by atoms with van der Waals surface area (Å²) in [6.07, 6.45) is -1.10. The number of benzene rings is 1. The summed E-state index contributed by atoms with van der Waals surface area (Å²) in [7, 11) is 2.68. The fourth-order valence-electron chi connectivity index (χ4n) is 2.22. The average Bonchev–Trinajstić information content (AvgIpc) is 3.18. The highest BCUT2D eigenvalue weighted by Gasteiger charge is 2.26. The fraction of sp³-hybridized carbons (Fsp3) is 0.250. The highest BCUT2D eigenvalue weighted by molar-refractivity contribution is 5.97. The van der Waals surface area contributed by atoms with Crippen LogP contribution in [0.5, 0.6) is 0 Å². The van der Waals surface area contributed by atoms with Gasteiger partial charge in [0.15, 0.2) is 17.6 Å². The van der Waals surface area contributed by atoms with E-state index < -0.39 is 24.0 Å². The Hall–Kier alpha value is -3.57. The maximum Gasteiger partial charge on any atom is 0.331 e. The third-order valence-electron chi connectivity index (χ3n) is 3.76. The minimum atomic E-state index is -1.16. The predicted octanol–water partition coefficient (Wildman–Crippen LogP) is 0.691. The van der Waals surface area contributed by atoms with Crippen LogP contribution in [0.1, 0.15) is 39.2 Å². The molecule has 2 rings (SSSR count). The molecule has 1 heterocycles. The van der Waals surface area contributed by atoms with Gasteiger partial charge in [0, 0.05) is 18.2 Å². The first-order chi connectivity index (χ1) is 13.3. The molecule has 0 aliphatic carbocycles. The number of furan rings is 1. The van der Waals surface area contributed by atoms with Gasteiger partial charge in [-0.3, -0.25) is 9.59 Å².